The Morgan fingerprint density at radius 3 is 2.65 bits per heavy atom. The Balaban J connectivity index is 2.38. The van der Waals surface area contributed by atoms with Gasteiger partial charge in [-0.3, -0.25) is 0 Å². The maximum atomic E-state index is 5.76. The van der Waals surface area contributed by atoms with Gasteiger partial charge in [0.05, 0.1) is 16.4 Å². The quantitative estimate of drug-likeness (QED) is 0.915. The molecule has 0 spiro atoms. The van der Waals surface area contributed by atoms with Gasteiger partial charge in [-0.25, -0.2) is 4.98 Å². The SMILES string of the molecule is Cc1ccccc1Oc1ncc(N)c(C)c1Br. The molecule has 3 nitrogen and oxygen atoms in total. The summed E-state index contributed by atoms with van der Waals surface area (Å²) in [7, 11) is 0. The lowest BCUT2D eigenvalue weighted by atomic mass is 10.2. The molecule has 4 heteroatoms. The number of nitrogen functional groups attached to an aromatic ring is 1. The first-order valence-electron chi connectivity index (χ1n) is 5.23. The molecule has 2 rings (SSSR count). The number of nitrogens with zero attached hydrogens (tertiary/aromatic N) is 1. The summed E-state index contributed by atoms with van der Waals surface area (Å²) in [6, 6.07) is 7.81. The molecule has 0 fully saturated rings. The first-order valence-corrected chi connectivity index (χ1v) is 6.03. The molecule has 0 amide bonds. The normalized spacial score (nSPS) is 10.3. The summed E-state index contributed by atoms with van der Waals surface area (Å²) < 4.78 is 6.55. The number of ether oxygens (including phenoxy) is 1. The molecule has 0 aliphatic carbocycles. The highest BCUT2D eigenvalue weighted by atomic mass is 79.9. The molecule has 0 aliphatic rings. The first-order chi connectivity index (χ1) is 8.09. The molecule has 0 saturated carbocycles. The van der Waals surface area contributed by atoms with Gasteiger partial charge in [0.15, 0.2) is 0 Å². The van der Waals surface area contributed by atoms with Gasteiger partial charge in [0, 0.05) is 0 Å². The van der Waals surface area contributed by atoms with Crippen molar-refractivity contribution in [3.8, 4) is 11.6 Å². The van der Waals surface area contributed by atoms with Gasteiger partial charge in [0.25, 0.3) is 0 Å². The Hall–Kier alpha value is -1.55. The zero-order chi connectivity index (χ0) is 12.4. The Kier molecular flexibility index (Phi) is 3.33. The highest BCUT2D eigenvalue weighted by Gasteiger charge is 2.10. The molecule has 0 saturated heterocycles. The zero-order valence-corrected chi connectivity index (χ0v) is 11.3. The lowest BCUT2D eigenvalue weighted by Gasteiger charge is -2.11. The predicted molar refractivity (Wildman–Crippen MR) is 72.3 cm³/mol. The molecule has 1 aromatic carbocycles. The van der Waals surface area contributed by atoms with Crippen molar-refractivity contribution < 1.29 is 4.74 Å². The third kappa shape index (κ3) is 2.42. The van der Waals surface area contributed by atoms with Crippen molar-refractivity contribution in [2.24, 2.45) is 0 Å². The molecule has 17 heavy (non-hydrogen) atoms. The number of nitrogens with two attached hydrogens (primary N) is 1. The maximum Gasteiger partial charge on any atom is 0.234 e. The smallest absolute Gasteiger partial charge is 0.234 e. The van der Waals surface area contributed by atoms with E-state index in [4.69, 9.17) is 10.5 Å². The second kappa shape index (κ2) is 4.75. The second-order valence-electron chi connectivity index (χ2n) is 3.83. The molecule has 0 atom stereocenters. The summed E-state index contributed by atoms with van der Waals surface area (Å²) in [6.45, 7) is 3.92. The summed E-state index contributed by atoms with van der Waals surface area (Å²) in [5.74, 6) is 1.33. The largest absolute Gasteiger partial charge is 0.438 e. The van der Waals surface area contributed by atoms with Gasteiger partial charge < -0.3 is 10.5 Å². The van der Waals surface area contributed by atoms with E-state index in [9.17, 15) is 0 Å². The average molecular weight is 293 g/mol. The van der Waals surface area contributed by atoms with Crippen molar-refractivity contribution in [3.63, 3.8) is 0 Å². The van der Waals surface area contributed by atoms with Crippen LogP contribution in [0.15, 0.2) is 34.9 Å². The van der Waals surface area contributed by atoms with Crippen molar-refractivity contribution >= 4 is 21.6 Å². The monoisotopic (exact) mass is 292 g/mol. The third-order valence-electron chi connectivity index (χ3n) is 2.57. The van der Waals surface area contributed by atoms with Gasteiger partial charge >= 0.3 is 0 Å². The Morgan fingerprint density at radius 1 is 1.24 bits per heavy atom. The lowest BCUT2D eigenvalue weighted by molar-refractivity contribution is 0.456. The van der Waals surface area contributed by atoms with E-state index >= 15 is 0 Å². The van der Waals surface area contributed by atoms with E-state index < -0.39 is 0 Å². The molecule has 0 unspecified atom stereocenters. The van der Waals surface area contributed by atoms with Crippen LogP contribution in [-0.2, 0) is 0 Å². The number of rotatable bonds is 2. The van der Waals surface area contributed by atoms with Crippen LogP contribution < -0.4 is 10.5 Å². The number of aromatic nitrogens is 1. The van der Waals surface area contributed by atoms with Crippen LogP contribution >= 0.6 is 15.9 Å². The number of benzene rings is 1. The maximum absolute atomic E-state index is 5.76. The van der Waals surface area contributed by atoms with E-state index in [0.29, 0.717) is 11.6 Å². The fourth-order valence-corrected chi connectivity index (χ4v) is 1.83. The van der Waals surface area contributed by atoms with Gasteiger partial charge in [-0.05, 0) is 47.0 Å². The first kappa shape index (κ1) is 11.9. The summed E-state index contributed by atoms with van der Waals surface area (Å²) in [4.78, 5) is 4.18. The summed E-state index contributed by atoms with van der Waals surface area (Å²) in [6.07, 6.45) is 1.60. The van der Waals surface area contributed by atoms with Gasteiger partial charge in [-0.2, -0.15) is 0 Å². The Labute approximate surface area is 109 Å². The van der Waals surface area contributed by atoms with Crippen LogP contribution in [0.1, 0.15) is 11.1 Å². The Morgan fingerprint density at radius 2 is 1.94 bits per heavy atom. The average Bonchev–Trinajstić information content (AvgIpc) is 2.32. The third-order valence-corrected chi connectivity index (χ3v) is 3.51. The molecule has 0 aliphatic heterocycles. The van der Waals surface area contributed by atoms with Crippen LogP contribution in [0.4, 0.5) is 5.69 Å². The van der Waals surface area contributed by atoms with Crippen LogP contribution in [0.25, 0.3) is 0 Å². The van der Waals surface area contributed by atoms with E-state index in [0.717, 1.165) is 21.3 Å². The summed E-state index contributed by atoms with van der Waals surface area (Å²) in [5, 5.41) is 0. The van der Waals surface area contributed by atoms with E-state index in [1.807, 2.05) is 38.1 Å². The minimum absolute atomic E-state index is 0.533. The number of anilines is 1. The molecule has 0 bridgehead atoms. The van der Waals surface area contributed by atoms with Gasteiger partial charge in [-0.1, -0.05) is 18.2 Å². The highest BCUT2D eigenvalue weighted by Crippen LogP contribution is 2.33. The van der Waals surface area contributed by atoms with Gasteiger partial charge in [0.1, 0.15) is 5.75 Å². The van der Waals surface area contributed by atoms with Crippen molar-refractivity contribution in [1.29, 1.82) is 0 Å². The molecule has 1 heterocycles. The lowest BCUT2D eigenvalue weighted by Crippen LogP contribution is -1.97. The van der Waals surface area contributed by atoms with E-state index in [2.05, 4.69) is 20.9 Å². The zero-order valence-electron chi connectivity index (χ0n) is 9.70. The number of hydrogen-bond donors (Lipinski definition) is 1. The second-order valence-corrected chi connectivity index (χ2v) is 4.62. The van der Waals surface area contributed by atoms with Crippen molar-refractivity contribution in [3.05, 3.63) is 46.1 Å². The van der Waals surface area contributed by atoms with E-state index in [-0.39, 0.29) is 0 Å². The number of halogens is 1. The Bertz CT molecular complexity index is 555. The molecule has 2 N–H and O–H groups in total. The van der Waals surface area contributed by atoms with Gasteiger partial charge in [0.2, 0.25) is 5.88 Å². The molecular weight excluding hydrogens is 280 g/mol. The highest BCUT2D eigenvalue weighted by molar-refractivity contribution is 9.10. The molecule has 88 valence electrons. The fraction of sp³-hybridized carbons (Fsp3) is 0.154. The number of aryl methyl sites for hydroxylation is 1. The van der Waals surface area contributed by atoms with Crippen molar-refractivity contribution in [1.82, 2.24) is 4.98 Å². The van der Waals surface area contributed by atoms with Crippen LogP contribution in [0.5, 0.6) is 11.6 Å². The van der Waals surface area contributed by atoms with Crippen LogP contribution in [0.3, 0.4) is 0 Å². The molecule has 2 aromatic rings. The van der Waals surface area contributed by atoms with Gasteiger partial charge in [-0.15, -0.1) is 0 Å². The molecule has 0 radical (unpaired) electrons. The van der Waals surface area contributed by atoms with Crippen LogP contribution in [-0.4, -0.2) is 4.98 Å². The van der Waals surface area contributed by atoms with E-state index in [1.165, 1.54) is 0 Å². The van der Waals surface area contributed by atoms with Crippen molar-refractivity contribution in [2.45, 2.75) is 13.8 Å². The van der Waals surface area contributed by atoms with Crippen molar-refractivity contribution in [2.75, 3.05) is 5.73 Å². The number of para-hydroxylation sites is 1. The minimum Gasteiger partial charge on any atom is -0.438 e. The van der Waals surface area contributed by atoms with Crippen LogP contribution in [0.2, 0.25) is 0 Å². The van der Waals surface area contributed by atoms with E-state index in [1.54, 1.807) is 6.20 Å². The number of hydrogen-bond acceptors (Lipinski definition) is 3. The molecule has 1 aromatic heterocycles. The van der Waals surface area contributed by atoms with Crippen LogP contribution in [0, 0.1) is 13.8 Å². The topological polar surface area (TPSA) is 48.1 Å². The number of pyridine rings is 1. The predicted octanol–water partition coefficient (Wildman–Crippen LogP) is 3.84. The standard InChI is InChI=1S/C13H13BrN2O/c1-8-5-3-4-6-11(8)17-13-12(14)9(2)10(15)7-16-13/h3-7H,15H2,1-2H3. The summed E-state index contributed by atoms with van der Waals surface area (Å²) >= 11 is 3.45. The molecular formula is C13H13BrN2O. The summed E-state index contributed by atoms with van der Waals surface area (Å²) in [5.41, 5.74) is 8.41. The fourth-order valence-electron chi connectivity index (χ4n) is 1.42. The minimum atomic E-state index is 0.533.